The average Bonchev–Trinajstić information content (AvgIpc) is 2.61. The van der Waals surface area contributed by atoms with Crippen LogP contribution in [0.25, 0.3) is 6.08 Å². The normalized spacial score (nSPS) is 10.4. The zero-order valence-corrected chi connectivity index (χ0v) is 9.23. The Kier molecular flexibility index (Phi) is 3.60. The fraction of sp³-hybridized carbons (Fsp3) is 0.500. The lowest BCUT2D eigenvalue weighted by atomic mass is 10.2. The summed E-state index contributed by atoms with van der Waals surface area (Å²) in [6.45, 7) is 9.54. The predicted octanol–water partition coefficient (Wildman–Crippen LogP) is 2.05. The van der Waals surface area contributed by atoms with Gasteiger partial charge in [-0.05, 0) is 13.0 Å². The van der Waals surface area contributed by atoms with Crippen LogP contribution in [-0.4, -0.2) is 27.5 Å². The van der Waals surface area contributed by atoms with Crippen molar-refractivity contribution >= 4 is 12.2 Å². The van der Waals surface area contributed by atoms with E-state index in [-0.39, 0.29) is 5.92 Å². The van der Waals surface area contributed by atoms with Gasteiger partial charge in [0, 0.05) is 5.92 Å². The van der Waals surface area contributed by atoms with Crippen LogP contribution in [0, 0.1) is 0 Å². The molecule has 0 radical (unpaired) electrons. The van der Waals surface area contributed by atoms with E-state index in [0.717, 1.165) is 4.68 Å². The Morgan fingerprint density at radius 2 is 2.33 bits per heavy atom. The van der Waals surface area contributed by atoms with Gasteiger partial charge in [-0.2, -0.15) is 0 Å². The summed E-state index contributed by atoms with van der Waals surface area (Å²) in [7, 11) is 0. The Morgan fingerprint density at radius 3 is 2.80 bits per heavy atom. The van der Waals surface area contributed by atoms with Gasteiger partial charge in [-0.15, -0.1) is 9.78 Å². The topological polar surface area (TPSA) is 57.0 Å². The molecule has 0 aromatic carbocycles. The molecule has 0 amide bonds. The van der Waals surface area contributed by atoms with E-state index in [9.17, 15) is 4.79 Å². The molecule has 0 atom stereocenters. The van der Waals surface area contributed by atoms with Crippen molar-refractivity contribution in [3.05, 3.63) is 18.2 Å². The van der Waals surface area contributed by atoms with Gasteiger partial charge in [0.05, 0.1) is 6.61 Å². The highest BCUT2D eigenvalue weighted by Gasteiger charge is 2.16. The number of carbonyl (C=O) groups excluding carboxylic acids is 1. The summed E-state index contributed by atoms with van der Waals surface area (Å²) in [5.74, 6) is 1.19. The van der Waals surface area contributed by atoms with Gasteiger partial charge in [0.25, 0.3) is 0 Å². The van der Waals surface area contributed by atoms with Gasteiger partial charge in [0.2, 0.25) is 0 Å². The highest BCUT2D eigenvalue weighted by Crippen LogP contribution is 2.11. The maximum atomic E-state index is 11.5. The summed E-state index contributed by atoms with van der Waals surface area (Å²) in [6, 6.07) is 0. The lowest BCUT2D eigenvalue weighted by Crippen LogP contribution is -2.16. The first-order valence-electron chi connectivity index (χ1n) is 4.86. The van der Waals surface area contributed by atoms with Crippen LogP contribution in [0.1, 0.15) is 38.3 Å². The molecule has 5 nitrogen and oxygen atoms in total. The molecule has 0 bridgehead atoms. The highest BCUT2D eigenvalue weighted by atomic mass is 16.6. The third-order valence-corrected chi connectivity index (χ3v) is 1.79. The molecule has 0 aliphatic carbocycles. The number of rotatable bonds is 3. The zero-order chi connectivity index (χ0) is 11.4. The number of hydrogen-bond acceptors (Lipinski definition) is 4. The predicted molar refractivity (Wildman–Crippen MR) is 56.6 cm³/mol. The molecule has 5 heteroatoms. The quantitative estimate of drug-likeness (QED) is 0.764. The van der Waals surface area contributed by atoms with Crippen molar-refractivity contribution in [2.75, 3.05) is 6.61 Å². The van der Waals surface area contributed by atoms with Gasteiger partial charge >= 0.3 is 6.09 Å². The van der Waals surface area contributed by atoms with Crippen LogP contribution in [-0.2, 0) is 4.74 Å². The molecule has 0 fully saturated rings. The molecular weight excluding hydrogens is 194 g/mol. The number of hydrogen-bond donors (Lipinski definition) is 0. The van der Waals surface area contributed by atoms with E-state index in [1.54, 1.807) is 6.92 Å². The highest BCUT2D eigenvalue weighted by molar-refractivity contribution is 5.71. The van der Waals surface area contributed by atoms with Crippen molar-refractivity contribution in [2.24, 2.45) is 0 Å². The Morgan fingerprint density at radius 1 is 1.67 bits per heavy atom. The maximum Gasteiger partial charge on any atom is 0.436 e. The van der Waals surface area contributed by atoms with Gasteiger partial charge in [-0.3, -0.25) is 0 Å². The van der Waals surface area contributed by atoms with Gasteiger partial charge in [-0.25, -0.2) is 9.78 Å². The summed E-state index contributed by atoms with van der Waals surface area (Å²) in [5.41, 5.74) is 0. The van der Waals surface area contributed by atoms with E-state index in [4.69, 9.17) is 4.74 Å². The molecule has 1 aromatic heterocycles. The van der Waals surface area contributed by atoms with Crippen molar-refractivity contribution in [1.29, 1.82) is 0 Å². The number of nitrogens with zero attached hydrogens (tertiary/aromatic N) is 3. The minimum atomic E-state index is -0.521. The SMILES string of the molecule is C=Cc1nc(C(C)C)nn1C(=O)OCC. The van der Waals surface area contributed by atoms with Crippen molar-refractivity contribution < 1.29 is 9.53 Å². The molecule has 1 heterocycles. The van der Waals surface area contributed by atoms with Crippen molar-refractivity contribution in [3.8, 4) is 0 Å². The third kappa shape index (κ3) is 2.43. The van der Waals surface area contributed by atoms with E-state index < -0.39 is 6.09 Å². The lowest BCUT2D eigenvalue weighted by Gasteiger charge is -2.01. The Hall–Kier alpha value is -1.65. The van der Waals surface area contributed by atoms with E-state index in [1.165, 1.54) is 6.08 Å². The third-order valence-electron chi connectivity index (χ3n) is 1.79. The fourth-order valence-corrected chi connectivity index (χ4v) is 1.04. The van der Waals surface area contributed by atoms with E-state index in [2.05, 4.69) is 16.7 Å². The maximum absolute atomic E-state index is 11.5. The Labute approximate surface area is 88.8 Å². The molecule has 0 saturated heterocycles. The molecule has 82 valence electrons. The first-order chi connectivity index (χ1) is 7.10. The minimum Gasteiger partial charge on any atom is -0.448 e. The van der Waals surface area contributed by atoms with Crippen molar-refractivity contribution in [3.63, 3.8) is 0 Å². The fourth-order valence-electron chi connectivity index (χ4n) is 1.04. The molecule has 0 N–H and O–H groups in total. The van der Waals surface area contributed by atoms with Crippen LogP contribution < -0.4 is 0 Å². The monoisotopic (exact) mass is 209 g/mol. The lowest BCUT2D eigenvalue weighted by molar-refractivity contribution is 0.150. The summed E-state index contributed by atoms with van der Waals surface area (Å²) in [4.78, 5) is 15.6. The van der Waals surface area contributed by atoms with Gasteiger partial charge in [0.15, 0.2) is 11.6 Å². The molecule has 0 spiro atoms. The summed E-state index contributed by atoms with van der Waals surface area (Å²) in [5, 5.41) is 4.06. The minimum absolute atomic E-state index is 0.166. The summed E-state index contributed by atoms with van der Waals surface area (Å²) >= 11 is 0. The summed E-state index contributed by atoms with van der Waals surface area (Å²) in [6.07, 6.45) is 0.960. The van der Waals surface area contributed by atoms with Crippen LogP contribution in [0.3, 0.4) is 0 Å². The largest absolute Gasteiger partial charge is 0.448 e. The Bertz CT molecular complexity index is 369. The van der Waals surface area contributed by atoms with E-state index >= 15 is 0 Å². The summed E-state index contributed by atoms with van der Waals surface area (Å²) < 4.78 is 5.97. The number of ether oxygens (including phenoxy) is 1. The molecular formula is C10H15N3O2. The first-order valence-corrected chi connectivity index (χ1v) is 4.86. The van der Waals surface area contributed by atoms with Crippen molar-refractivity contribution in [2.45, 2.75) is 26.7 Å². The second-order valence-corrected chi connectivity index (χ2v) is 3.30. The molecule has 0 aliphatic rings. The van der Waals surface area contributed by atoms with E-state index in [0.29, 0.717) is 18.3 Å². The van der Waals surface area contributed by atoms with Gasteiger partial charge < -0.3 is 4.74 Å². The van der Waals surface area contributed by atoms with E-state index in [1.807, 2.05) is 13.8 Å². The number of aromatic nitrogens is 3. The molecule has 0 unspecified atom stereocenters. The zero-order valence-electron chi connectivity index (χ0n) is 9.23. The molecule has 0 aliphatic heterocycles. The average molecular weight is 209 g/mol. The molecule has 1 rings (SSSR count). The van der Waals surface area contributed by atoms with Crippen LogP contribution in [0.4, 0.5) is 4.79 Å². The van der Waals surface area contributed by atoms with Crippen LogP contribution in [0.5, 0.6) is 0 Å². The molecule has 1 aromatic rings. The standard InChI is InChI=1S/C10H15N3O2/c1-5-8-11-9(7(3)4)12-13(8)10(14)15-6-2/h5,7H,1,6H2,2-4H3. The first kappa shape index (κ1) is 11.4. The second-order valence-electron chi connectivity index (χ2n) is 3.30. The second kappa shape index (κ2) is 4.72. The van der Waals surface area contributed by atoms with Crippen molar-refractivity contribution in [1.82, 2.24) is 14.8 Å². The molecule has 0 saturated carbocycles. The van der Waals surface area contributed by atoms with Gasteiger partial charge in [-0.1, -0.05) is 20.4 Å². The van der Waals surface area contributed by atoms with Crippen LogP contribution >= 0.6 is 0 Å². The van der Waals surface area contributed by atoms with Crippen LogP contribution in [0.2, 0.25) is 0 Å². The molecule has 15 heavy (non-hydrogen) atoms. The van der Waals surface area contributed by atoms with Crippen LogP contribution in [0.15, 0.2) is 6.58 Å². The Balaban J connectivity index is 3.05. The van der Waals surface area contributed by atoms with Gasteiger partial charge in [0.1, 0.15) is 0 Å². The number of carbonyl (C=O) groups is 1. The smallest absolute Gasteiger partial charge is 0.436 e.